The Morgan fingerprint density at radius 3 is 3.00 bits per heavy atom. The van der Waals surface area contributed by atoms with Crippen molar-refractivity contribution in [3.8, 4) is 12.3 Å². The molecular weight excluding hydrogens is 224 g/mol. The molecule has 1 aliphatic heterocycles. The Morgan fingerprint density at radius 1 is 1.71 bits per heavy atom. The summed E-state index contributed by atoms with van der Waals surface area (Å²) in [5.41, 5.74) is 0. The Morgan fingerprint density at radius 2 is 2.41 bits per heavy atom. The number of carboxylic acid groups (broad SMARTS) is 1. The SMILES string of the molecule is C#CCNC(=O)C(C)N1CCOC(C(=O)O)C1. The third kappa shape index (κ3) is 3.73. The highest BCUT2D eigenvalue weighted by atomic mass is 16.5. The number of carbonyl (C=O) groups excluding carboxylic acids is 1. The summed E-state index contributed by atoms with van der Waals surface area (Å²) in [6.45, 7) is 2.95. The van der Waals surface area contributed by atoms with Crippen molar-refractivity contribution in [1.82, 2.24) is 10.2 Å². The van der Waals surface area contributed by atoms with Crippen LogP contribution >= 0.6 is 0 Å². The van der Waals surface area contributed by atoms with Gasteiger partial charge in [-0.1, -0.05) is 5.92 Å². The molecule has 0 spiro atoms. The number of carbonyl (C=O) groups is 2. The van der Waals surface area contributed by atoms with Gasteiger partial charge < -0.3 is 15.2 Å². The van der Waals surface area contributed by atoms with Crippen molar-refractivity contribution in [3.05, 3.63) is 0 Å². The first-order valence-corrected chi connectivity index (χ1v) is 5.36. The van der Waals surface area contributed by atoms with Crippen LogP contribution in [0.25, 0.3) is 0 Å². The lowest BCUT2D eigenvalue weighted by Gasteiger charge is -2.34. The minimum Gasteiger partial charge on any atom is -0.479 e. The molecule has 6 heteroatoms. The van der Waals surface area contributed by atoms with Crippen molar-refractivity contribution in [2.24, 2.45) is 0 Å². The topological polar surface area (TPSA) is 78.9 Å². The lowest BCUT2D eigenvalue weighted by Crippen LogP contribution is -2.53. The van der Waals surface area contributed by atoms with E-state index in [1.165, 1.54) is 0 Å². The van der Waals surface area contributed by atoms with E-state index in [-0.39, 0.29) is 19.0 Å². The molecule has 1 amide bonds. The van der Waals surface area contributed by atoms with Crippen LogP contribution in [0.1, 0.15) is 6.92 Å². The number of carboxylic acids is 1. The molecule has 0 saturated carbocycles. The van der Waals surface area contributed by atoms with Crippen molar-refractivity contribution >= 4 is 11.9 Å². The molecule has 6 nitrogen and oxygen atoms in total. The average Bonchev–Trinajstić information content (AvgIpc) is 2.35. The fourth-order valence-electron chi connectivity index (χ4n) is 1.62. The van der Waals surface area contributed by atoms with Crippen LogP contribution in [-0.4, -0.2) is 60.3 Å². The molecule has 0 aliphatic carbocycles. The lowest BCUT2D eigenvalue weighted by atomic mass is 10.2. The predicted molar refractivity (Wildman–Crippen MR) is 60.3 cm³/mol. The first-order chi connectivity index (χ1) is 8.06. The largest absolute Gasteiger partial charge is 0.479 e. The number of amides is 1. The zero-order chi connectivity index (χ0) is 12.8. The fraction of sp³-hybridized carbons (Fsp3) is 0.636. The van der Waals surface area contributed by atoms with Gasteiger partial charge in [0, 0.05) is 13.1 Å². The maximum absolute atomic E-state index is 11.6. The van der Waals surface area contributed by atoms with Crippen LogP contribution in [-0.2, 0) is 14.3 Å². The number of aliphatic carboxylic acids is 1. The van der Waals surface area contributed by atoms with E-state index >= 15 is 0 Å². The van der Waals surface area contributed by atoms with Gasteiger partial charge in [0.15, 0.2) is 6.10 Å². The molecule has 0 aromatic heterocycles. The summed E-state index contributed by atoms with van der Waals surface area (Å²) >= 11 is 0. The van der Waals surface area contributed by atoms with Gasteiger partial charge in [-0.2, -0.15) is 0 Å². The highest BCUT2D eigenvalue weighted by Crippen LogP contribution is 2.09. The van der Waals surface area contributed by atoms with E-state index in [0.29, 0.717) is 13.2 Å². The summed E-state index contributed by atoms with van der Waals surface area (Å²) in [5.74, 6) is 1.11. The van der Waals surface area contributed by atoms with Gasteiger partial charge in [0.25, 0.3) is 0 Å². The second-order valence-corrected chi connectivity index (χ2v) is 3.79. The van der Waals surface area contributed by atoms with E-state index in [4.69, 9.17) is 16.3 Å². The van der Waals surface area contributed by atoms with Crippen LogP contribution < -0.4 is 5.32 Å². The Kier molecular flexibility index (Phi) is 4.94. The summed E-state index contributed by atoms with van der Waals surface area (Å²) in [7, 11) is 0. The van der Waals surface area contributed by atoms with E-state index in [0.717, 1.165) is 0 Å². The quantitative estimate of drug-likeness (QED) is 0.610. The zero-order valence-electron chi connectivity index (χ0n) is 9.68. The standard InChI is InChI=1S/C11H16N2O4/c1-3-4-12-10(14)8(2)13-5-6-17-9(7-13)11(15)16/h1,8-9H,4-7H2,2H3,(H,12,14)(H,15,16). The number of hydrogen-bond acceptors (Lipinski definition) is 4. The molecule has 0 radical (unpaired) electrons. The van der Waals surface area contributed by atoms with Crippen molar-refractivity contribution in [2.75, 3.05) is 26.2 Å². The van der Waals surface area contributed by atoms with Crippen LogP contribution in [0.15, 0.2) is 0 Å². The van der Waals surface area contributed by atoms with Crippen molar-refractivity contribution in [3.63, 3.8) is 0 Å². The molecule has 0 aromatic carbocycles. The number of nitrogens with zero attached hydrogens (tertiary/aromatic N) is 1. The van der Waals surface area contributed by atoms with E-state index < -0.39 is 18.1 Å². The summed E-state index contributed by atoms with van der Waals surface area (Å²) in [4.78, 5) is 24.2. The Bertz CT molecular complexity index is 337. The van der Waals surface area contributed by atoms with Crippen LogP contribution in [0.3, 0.4) is 0 Å². The summed E-state index contributed by atoms with van der Waals surface area (Å²) in [6.07, 6.45) is 4.17. The van der Waals surface area contributed by atoms with Crippen LogP contribution in [0.2, 0.25) is 0 Å². The second-order valence-electron chi connectivity index (χ2n) is 3.79. The zero-order valence-corrected chi connectivity index (χ0v) is 9.68. The van der Waals surface area contributed by atoms with Gasteiger partial charge in [-0.15, -0.1) is 6.42 Å². The molecule has 17 heavy (non-hydrogen) atoms. The normalized spacial score (nSPS) is 22.5. The van der Waals surface area contributed by atoms with Crippen molar-refractivity contribution in [2.45, 2.75) is 19.1 Å². The van der Waals surface area contributed by atoms with Gasteiger partial charge in [-0.3, -0.25) is 9.69 Å². The number of nitrogens with one attached hydrogen (secondary N) is 1. The molecule has 94 valence electrons. The highest BCUT2D eigenvalue weighted by molar-refractivity contribution is 5.81. The summed E-state index contributed by atoms with van der Waals surface area (Å²) < 4.78 is 5.08. The Labute approximate surface area is 99.9 Å². The minimum absolute atomic E-state index is 0.176. The molecule has 1 rings (SSSR count). The van der Waals surface area contributed by atoms with Crippen molar-refractivity contribution < 1.29 is 19.4 Å². The van der Waals surface area contributed by atoms with Gasteiger partial charge in [0.2, 0.25) is 5.91 Å². The third-order valence-corrected chi connectivity index (χ3v) is 2.67. The van der Waals surface area contributed by atoms with Gasteiger partial charge >= 0.3 is 5.97 Å². The molecular formula is C11H16N2O4. The average molecular weight is 240 g/mol. The predicted octanol–water partition coefficient (Wildman–Crippen LogP) is -1.09. The summed E-state index contributed by atoms with van der Waals surface area (Å²) in [6, 6.07) is -0.408. The fourth-order valence-corrected chi connectivity index (χ4v) is 1.62. The number of hydrogen-bond donors (Lipinski definition) is 2. The molecule has 2 N–H and O–H groups in total. The van der Waals surface area contributed by atoms with Gasteiger partial charge in [-0.25, -0.2) is 4.79 Å². The third-order valence-electron chi connectivity index (χ3n) is 2.67. The molecule has 2 unspecified atom stereocenters. The van der Waals surface area contributed by atoms with Crippen LogP contribution in [0.4, 0.5) is 0 Å². The monoisotopic (exact) mass is 240 g/mol. The summed E-state index contributed by atoms with van der Waals surface area (Å²) in [5, 5.41) is 11.4. The Hall–Kier alpha value is -1.58. The maximum atomic E-state index is 11.6. The molecule has 1 heterocycles. The smallest absolute Gasteiger partial charge is 0.334 e. The van der Waals surface area contributed by atoms with Crippen molar-refractivity contribution in [1.29, 1.82) is 0 Å². The molecule has 0 bridgehead atoms. The number of terminal acetylenes is 1. The number of ether oxygens (including phenoxy) is 1. The van der Waals surface area contributed by atoms with Gasteiger partial charge in [0.05, 0.1) is 19.2 Å². The second kappa shape index (κ2) is 6.23. The minimum atomic E-state index is -1.01. The highest BCUT2D eigenvalue weighted by Gasteiger charge is 2.31. The van der Waals surface area contributed by atoms with Gasteiger partial charge in [0.1, 0.15) is 0 Å². The molecule has 1 saturated heterocycles. The molecule has 1 fully saturated rings. The first kappa shape index (κ1) is 13.5. The molecule has 0 aromatic rings. The maximum Gasteiger partial charge on any atom is 0.334 e. The van der Waals surface area contributed by atoms with E-state index in [9.17, 15) is 9.59 Å². The lowest BCUT2D eigenvalue weighted by molar-refractivity contribution is -0.158. The van der Waals surface area contributed by atoms with E-state index in [1.807, 2.05) is 0 Å². The van der Waals surface area contributed by atoms with E-state index in [2.05, 4.69) is 11.2 Å². The number of rotatable bonds is 4. The first-order valence-electron chi connectivity index (χ1n) is 5.36. The number of morpholine rings is 1. The van der Waals surface area contributed by atoms with E-state index in [1.54, 1.807) is 11.8 Å². The molecule has 1 aliphatic rings. The van der Waals surface area contributed by atoms with Crippen LogP contribution in [0, 0.1) is 12.3 Å². The Balaban J connectivity index is 2.51. The molecule has 2 atom stereocenters. The van der Waals surface area contributed by atoms with Crippen LogP contribution in [0.5, 0.6) is 0 Å². The van der Waals surface area contributed by atoms with Gasteiger partial charge in [-0.05, 0) is 6.92 Å².